The highest BCUT2D eigenvalue weighted by Crippen LogP contribution is 2.29. The second-order valence-corrected chi connectivity index (χ2v) is 5.52. The molecule has 1 N–H and O–H groups in total. The molecule has 0 saturated heterocycles. The largest absolute Gasteiger partial charge is 0.493 e. The SMILES string of the molecule is COc1ccc(CN(C)C2CCCCC2O)cc1OC. The maximum Gasteiger partial charge on any atom is 0.161 e. The van der Waals surface area contributed by atoms with E-state index >= 15 is 0 Å². The molecule has 4 nitrogen and oxygen atoms in total. The van der Waals surface area contributed by atoms with Gasteiger partial charge in [0.1, 0.15) is 0 Å². The first-order chi connectivity index (χ1) is 9.65. The molecule has 0 spiro atoms. The second-order valence-electron chi connectivity index (χ2n) is 5.52. The van der Waals surface area contributed by atoms with Crippen molar-refractivity contribution in [1.29, 1.82) is 0 Å². The highest BCUT2D eigenvalue weighted by molar-refractivity contribution is 5.42. The summed E-state index contributed by atoms with van der Waals surface area (Å²) in [5, 5.41) is 10.1. The summed E-state index contributed by atoms with van der Waals surface area (Å²) < 4.78 is 10.6. The minimum Gasteiger partial charge on any atom is -0.493 e. The third kappa shape index (κ3) is 3.44. The molecule has 2 atom stereocenters. The fourth-order valence-electron chi connectivity index (χ4n) is 2.99. The average molecular weight is 279 g/mol. The molecule has 1 saturated carbocycles. The van der Waals surface area contributed by atoms with Gasteiger partial charge in [-0.2, -0.15) is 0 Å². The number of benzene rings is 1. The number of hydrogen-bond donors (Lipinski definition) is 1. The first kappa shape index (κ1) is 15.1. The van der Waals surface area contributed by atoms with Gasteiger partial charge in [-0.05, 0) is 37.6 Å². The Hall–Kier alpha value is -1.26. The van der Waals surface area contributed by atoms with E-state index in [0.717, 1.165) is 37.3 Å². The molecule has 0 heterocycles. The quantitative estimate of drug-likeness (QED) is 0.899. The maximum atomic E-state index is 10.1. The smallest absolute Gasteiger partial charge is 0.161 e. The Bertz CT molecular complexity index is 436. The van der Waals surface area contributed by atoms with Gasteiger partial charge >= 0.3 is 0 Å². The first-order valence-corrected chi connectivity index (χ1v) is 7.25. The molecule has 112 valence electrons. The lowest BCUT2D eigenvalue weighted by Gasteiger charge is -2.35. The molecule has 1 aromatic rings. The number of hydrogen-bond acceptors (Lipinski definition) is 4. The van der Waals surface area contributed by atoms with E-state index in [4.69, 9.17) is 9.47 Å². The monoisotopic (exact) mass is 279 g/mol. The van der Waals surface area contributed by atoms with Crippen LogP contribution in [-0.4, -0.2) is 43.4 Å². The van der Waals surface area contributed by atoms with Crippen molar-refractivity contribution in [3.05, 3.63) is 23.8 Å². The van der Waals surface area contributed by atoms with Gasteiger partial charge in [0.25, 0.3) is 0 Å². The van der Waals surface area contributed by atoms with Crippen LogP contribution in [0.4, 0.5) is 0 Å². The standard InChI is InChI=1S/C16H25NO3/c1-17(13-6-4-5-7-14(13)18)11-12-8-9-15(19-2)16(10-12)20-3/h8-10,13-14,18H,4-7,11H2,1-3H3. The van der Waals surface area contributed by atoms with Crippen LogP contribution in [0.3, 0.4) is 0 Å². The second kappa shape index (κ2) is 6.95. The van der Waals surface area contributed by atoms with E-state index < -0.39 is 0 Å². The zero-order chi connectivity index (χ0) is 14.5. The molecular weight excluding hydrogens is 254 g/mol. The van der Waals surface area contributed by atoms with Crippen molar-refractivity contribution >= 4 is 0 Å². The van der Waals surface area contributed by atoms with Crippen LogP contribution in [0, 0.1) is 0 Å². The van der Waals surface area contributed by atoms with Crippen molar-refractivity contribution < 1.29 is 14.6 Å². The van der Waals surface area contributed by atoms with Gasteiger partial charge in [0, 0.05) is 12.6 Å². The van der Waals surface area contributed by atoms with Gasteiger partial charge < -0.3 is 14.6 Å². The highest BCUT2D eigenvalue weighted by Gasteiger charge is 2.26. The van der Waals surface area contributed by atoms with Gasteiger partial charge in [0.2, 0.25) is 0 Å². The van der Waals surface area contributed by atoms with Crippen LogP contribution in [0.25, 0.3) is 0 Å². The number of likely N-dealkylation sites (N-methyl/N-ethyl adjacent to an activating group) is 1. The predicted octanol–water partition coefficient (Wildman–Crippen LogP) is 2.44. The molecule has 0 amide bonds. The minimum absolute atomic E-state index is 0.200. The van der Waals surface area contributed by atoms with Crippen molar-refractivity contribution in [1.82, 2.24) is 4.90 Å². The van der Waals surface area contributed by atoms with Gasteiger partial charge in [-0.1, -0.05) is 18.9 Å². The minimum atomic E-state index is -0.200. The summed E-state index contributed by atoms with van der Waals surface area (Å²) in [4.78, 5) is 2.24. The molecule has 0 aliphatic heterocycles. The topological polar surface area (TPSA) is 41.9 Å². The van der Waals surface area contributed by atoms with Crippen LogP contribution in [0.2, 0.25) is 0 Å². The summed E-state index contributed by atoms with van der Waals surface area (Å²) in [6.45, 7) is 0.808. The number of nitrogens with zero attached hydrogens (tertiary/aromatic N) is 1. The third-order valence-corrected chi connectivity index (χ3v) is 4.14. The molecule has 2 unspecified atom stereocenters. The van der Waals surface area contributed by atoms with E-state index in [1.54, 1.807) is 14.2 Å². The van der Waals surface area contributed by atoms with Crippen LogP contribution in [0.15, 0.2) is 18.2 Å². The summed E-state index contributed by atoms with van der Waals surface area (Å²) in [7, 11) is 5.37. The van der Waals surface area contributed by atoms with Crippen molar-refractivity contribution in [2.75, 3.05) is 21.3 Å². The number of aliphatic hydroxyl groups excluding tert-OH is 1. The van der Waals surface area contributed by atoms with Crippen molar-refractivity contribution in [3.8, 4) is 11.5 Å². The van der Waals surface area contributed by atoms with Gasteiger partial charge in [-0.3, -0.25) is 4.90 Å². The molecule has 20 heavy (non-hydrogen) atoms. The lowest BCUT2D eigenvalue weighted by atomic mass is 9.91. The van der Waals surface area contributed by atoms with Gasteiger partial charge in [-0.15, -0.1) is 0 Å². The summed E-state index contributed by atoms with van der Waals surface area (Å²) in [6, 6.07) is 6.24. The Kier molecular flexibility index (Phi) is 5.26. The number of ether oxygens (including phenoxy) is 2. The highest BCUT2D eigenvalue weighted by atomic mass is 16.5. The summed E-state index contributed by atoms with van der Waals surface area (Å²) in [5.41, 5.74) is 1.17. The van der Waals surface area contributed by atoms with E-state index in [0.29, 0.717) is 0 Å². The summed E-state index contributed by atoms with van der Waals surface area (Å²) in [5.74, 6) is 1.50. The Balaban J connectivity index is 2.05. The fraction of sp³-hybridized carbons (Fsp3) is 0.625. The first-order valence-electron chi connectivity index (χ1n) is 7.25. The molecule has 4 heteroatoms. The Morgan fingerprint density at radius 3 is 2.50 bits per heavy atom. The van der Waals surface area contributed by atoms with Crippen molar-refractivity contribution in [2.45, 2.75) is 44.4 Å². The van der Waals surface area contributed by atoms with Gasteiger partial charge in [0.15, 0.2) is 11.5 Å². The molecule has 0 bridgehead atoms. The Morgan fingerprint density at radius 2 is 1.85 bits per heavy atom. The van der Waals surface area contributed by atoms with Crippen LogP contribution >= 0.6 is 0 Å². The predicted molar refractivity (Wildman–Crippen MR) is 79.3 cm³/mol. The van der Waals surface area contributed by atoms with E-state index in [1.807, 2.05) is 18.2 Å². The zero-order valence-electron chi connectivity index (χ0n) is 12.6. The zero-order valence-corrected chi connectivity index (χ0v) is 12.6. The molecular formula is C16H25NO3. The van der Waals surface area contributed by atoms with E-state index in [-0.39, 0.29) is 12.1 Å². The van der Waals surface area contributed by atoms with Crippen LogP contribution in [0.1, 0.15) is 31.2 Å². The number of methoxy groups -OCH3 is 2. The van der Waals surface area contributed by atoms with Crippen LogP contribution < -0.4 is 9.47 Å². The van der Waals surface area contributed by atoms with E-state index in [2.05, 4.69) is 11.9 Å². The van der Waals surface area contributed by atoms with Crippen LogP contribution in [-0.2, 0) is 6.54 Å². The van der Waals surface area contributed by atoms with Gasteiger partial charge in [0.05, 0.1) is 20.3 Å². The summed E-state index contributed by atoms with van der Waals surface area (Å²) >= 11 is 0. The van der Waals surface area contributed by atoms with Crippen LogP contribution in [0.5, 0.6) is 11.5 Å². The molecule has 1 aromatic carbocycles. The molecule has 0 radical (unpaired) electrons. The summed E-state index contributed by atoms with van der Waals surface area (Å²) in [6.07, 6.45) is 4.14. The average Bonchev–Trinajstić information content (AvgIpc) is 2.47. The molecule has 1 aliphatic rings. The number of rotatable bonds is 5. The third-order valence-electron chi connectivity index (χ3n) is 4.14. The van der Waals surface area contributed by atoms with E-state index in [9.17, 15) is 5.11 Å². The maximum absolute atomic E-state index is 10.1. The normalized spacial score (nSPS) is 22.9. The fourth-order valence-corrected chi connectivity index (χ4v) is 2.99. The van der Waals surface area contributed by atoms with Crippen molar-refractivity contribution in [3.63, 3.8) is 0 Å². The molecule has 2 rings (SSSR count). The molecule has 1 fully saturated rings. The Labute approximate surface area is 121 Å². The molecule has 0 aromatic heterocycles. The molecule has 1 aliphatic carbocycles. The lowest BCUT2D eigenvalue weighted by molar-refractivity contribution is 0.0288. The van der Waals surface area contributed by atoms with E-state index in [1.165, 1.54) is 12.0 Å². The van der Waals surface area contributed by atoms with Gasteiger partial charge in [-0.25, -0.2) is 0 Å². The number of aliphatic hydroxyl groups is 1. The Morgan fingerprint density at radius 1 is 1.15 bits per heavy atom. The van der Waals surface area contributed by atoms with Crippen molar-refractivity contribution in [2.24, 2.45) is 0 Å². The lowest BCUT2D eigenvalue weighted by Crippen LogP contribution is -2.42.